The molecule has 1 rings (SSSR count). The van der Waals surface area contributed by atoms with Crippen molar-refractivity contribution in [2.24, 2.45) is 0 Å². The fourth-order valence-corrected chi connectivity index (χ4v) is 4.52. The SMILES string of the molecule is CN(C)C(=O)CO[Si](Br)(OCC(=O)N(C)C)c1ccccc1. The molecular formula is C14H21BrN2O4Si. The summed E-state index contributed by atoms with van der Waals surface area (Å²) in [5, 5.41) is 0.799. The van der Waals surface area contributed by atoms with Gasteiger partial charge in [-0.05, 0) is 0 Å². The highest BCUT2D eigenvalue weighted by atomic mass is 79.9. The monoisotopic (exact) mass is 388 g/mol. The van der Waals surface area contributed by atoms with E-state index in [1.165, 1.54) is 9.80 Å². The van der Waals surface area contributed by atoms with E-state index in [1.807, 2.05) is 30.3 Å². The Morgan fingerprint density at radius 2 is 1.36 bits per heavy atom. The van der Waals surface area contributed by atoms with Crippen LogP contribution in [-0.4, -0.2) is 70.2 Å². The first-order valence-corrected chi connectivity index (χ1v) is 10.8. The van der Waals surface area contributed by atoms with Gasteiger partial charge in [-0.3, -0.25) is 9.59 Å². The van der Waals surface area contributed by atoms with E-state index in [-0.39, 0.29) is 25.0 Å². The molecule has 0 aliphatic rings. The molecule has 0 aliphatic heterocycles. The van der Waals surface area contributed by atoms with Gasteiger partial charge < -0.3 is 18.7 Å². The van der Waals surface area contributed by atoms with Crippen molar-refractivity contribution in [3.8, 4) is 0 Å². The van der Waals surface area contributed by atoms with Crippen LogP contribution in [0.2, 0.25) is 0 Å². The molecule has 1 aromatic rings. The average Bonchev–Trinajstić information content (AvgIpc) is 2.50. The first-order valence-electron chi connectivity index (χ1n) is 6.69. The molecule has 2 amide bonds. The average molecular weight is 389 g/mol. The number of carbonyl (C=O) groups is 2. The summed E-state index contributed by atoms with van der Waals surface area (Å²) in [5.74, 6) is -0.343. The van der Waals surface area contributed by atoms with Crippen molar-refractivity contribution in [2.75, 3.05) is 41.4 Å². The van der Waals surface area contributed by atoms with Crippen LogP contribution in [0.1, 0.15) is 0 Å². The molecule has 22 heavy (non-hydrogen) atoms. The van der Waals surface area contributed by atoms with Gasteiger partial charge in [0, 0.05) is 33.4 Å². The lowest BCUT2D eigenvalue weighted by Crippen LogP contribution is -2.51. The van der Waals surface area contributed by atoms with Gasteiger partial charge in [-0.25, -0.2) is 0 Å². The zero-order valence-corrected chi connectivity index (χ0v) is 15.8. The number of halogens is 1. The van der Waals surface area contributed by atoms with E-state index in [0.717, 1.165) is 5.19 Å². The van der Waals surface area contributed by atoms with Crippen LogP contribution in [-0.2, 0) is 18.4 Å². The topological polar surface area (TPSA) is 59.1 Å². The van der Waals surface area contributed by atoms with Crippen LogP contribution in [0.25, 0.3) is 0 Å². The lowest BCUT2D eigenvalue weighted by Gasteiger charge is -2.26. The summed E-state index contributed by atoms with van der Waals surface area (Å²) >= 11 is 3.50. The van der Waals surface area contributed by atoms with E-state index in [2.05, 4.69) is 15.3 Å². The zero-order chi connectivity index (χ0) is 16.8. The van der Waals surface area contributed by atoms with Gasteiger partial charge in [0.05, 0.1) is 0 Å². The number of hydrogen-bond acceptors (Lipinski definition) is 4. The van der Waals surface area contributed by atoms with Crippen LogP contribution in [0, 0.1) is 0 Å². The predicted molar refractivity (Wildman–Crippen MR) is 90.0 cm³/mol. The molecule has 0 unspecified atom stereocenters. The maximum Gasteiger partial charge on any atom is 0.449 e. The number of likely N-dealkylation sites (N-methyl/N-ethyl adjacent to an activating group) is 2. The molecule has 0 bridgehead atoms. The van der Waals surface area contributed by atoms with Gasteiger partial charge in [0.15, 0.2) is 0 Å². The molecule has 0 heterocycles. The number of rotatable bonds is 7. The maximum absolute atomic E-state index is 11.7. The molecule has 0 radical (unpaired) electrons. The fraction of sp³-hybridized carbons (Fsp3) is 0.429. The van der Waals surface area contributed by atoms with Crippen LogP contribution in [0.5, 0.6) is 0 Å². The summed E-state index contributed by atoms with van der Waals surface area (Å²) < 4.78 is 11.5. The number of amides is 2. The van der Waals surface area contributed by atoms with Gasteiger partial charge >= 0.3 is 7.18 Å². The number of nitrogens with zero attached hydrogens (tertiary/aromatic N) is 2. The van der Waals surface area contributed by atoms with E-state index in [0.29, 0.717) is 0 Å². The molecule has 8 heteroatoms. The molecule has 0 atom stereocenters. The third kappa shape index (κ3) is 5.52. The minimum absolute atomic E-state index is 0.116. The highest BCUT2D eigenvalue weighted by Gasteiger charge is 2.39. The highest BCUT2D eigenvalue weighted by Crippen LogP contribution is 2.16. The number of carbonyl (C=O) groups excluding carboxylic acids is 2. The molecule has 0 aliphatic carbocycles. The van der Waals surface area contributed by atoms with Gasteiger partial charge in [0.25, 0.3) is 0 Å². The van der Waals surface area contributed by atoms with Gasteiger partial charge in [-0.1, -0.05) is 45.6 Å². The van der Waals surface area contributed by atoms with Gasteiger partial charge in [-0.2, -0.15) is 0 Å². The van der Waals surface area contributed by atoms with Crippen LogP contribution < -0.4 is 5.19 Å². The van der Waals surface area contributed by atoms with Crippen LogP contribution in [0.15, 0.2) is 30.3 Å². The van der Waals surface area contributed by atoms with Crippen molar-refractivity contribution >= 4 is 39.5 Å². The number of benzene rings is 1. The van der Waals surface area contributed by atoms with E-state index in [4.69, 9.17) is 8.85 Å². The van der Waals surface area contributed by atoms with Gasteiger partial charge in [0.1, 0.15) is 13.2 Å². The molecule has 6 nitrogen and oxygen atoms in total. The molecule has 0 aromatic heterocycles. The zero-order valence-electron chi connectivity index (χ0n) is 13.2. The second kappa shape index (κ2) is 8.42. The summed E-state index contributed by atoms with van der Waals surface area (Å²) in [6.45, 7) is -0.231. The van der Waals surface area contributed by atoms with Crippen LogP contribution in [0.4, 0.5) is 0 Å². The summed E-state index contributed by atoms with van der Waals surface area (Å²) in [5.41, 5.74) is 0. The Hall–Kier alpha value is -1.22. The van der Waals surface area contributed by atoms with Crippen molar-refractivity contribution in [1.82, 2.24) is 9.80 Å². The number of hydrogen-bond donors (Lipinski definition) is 0. The lowest BCUT2D eigenvalue weighted by atomic mass is 10.4. The van der Waals surface area contributed by atoms with Crippen molar-refractivity contribution in [1.29, 1.82) is 0 Å². The first-order chi connectivity index (χ1) is 10.3. The molecular weight excluding hydrogens is 368 g/mol. The van der Waals surface area contributed by atoms with Crippen molar-refractivity contribution in [3.63, 3.8) is 0 Å². The minimum Gasteiger partial charge on any atom is -0.373 e. The lowest BCUT2D eigenvalue weighted by molar-refractivity contribution is -0.132. The van der Waals surface area contributed by atoms with Crippen molar-refractivity contribution < 1.29 is 18.4 Å². The van der Waals surface area contributed by atoms with Crippen molar-refractivity contribution in [3.05, 3.63) is 30.3 Å². The molecule has 0 spiro atoms. The molecule has 122 valence electrons. The largest absolute Gasteiger partial charge is 0.449 e. The van der Waals surface area contributed by atoms with Gasteiger partial charge in [0.2, 0.25) is 11.8 Å². The minimum atomic E-state index is -3.03. The Balaban J connectivity index is 2.85. The molecule has 0 fully saturated rings. The van der Waals surface area contributed by atoms with Crippen LogP contribution >= 0.6 is 15.3 Å². The smallest absolute Gasteiger partial charge is 0.373 e. The molecule has 0 saturated heterocycles. The summed E-state index contributed by atoms with van der Waals surface area (Å²) in [6.07, 6.45) is 0. The van der Waals surface area contributed by atoms with E-state index in [1.54, 1.807) is 28.2 Å². The first kappa shape index (κ1) is 18.8. The van der Waals surface area contributed by atoms with Crippen molar-refractivity contribution in [2.45, 2.75) is 0 Å². The standard InChI is InChI=1S/C14H21BrN2O4Si/c1-16(2)13(18)10-20-22(15,12-8-6-5-7-9-12)21-11-14(19)17(3)4/h5-9H,10-11H2,1-4H3. The maximum atomic E-state index is 11.7. The quantitative estimate of drug-likeness (QED) is 0.502. The molecule has 0 N–H and O–H groups in total. The van der Waals surface area contributed by atoms with E-state index >= 15 is 0 Å². The Morgan fingerprint density at radius 1 is 0.955 bits per heavy atom. The summed E-state index contributed by atoms with van der Waals surface area (Å²) in [4.78, 5) is 26.4. The van der Waals surface area contributed by atoms with Gasteiger partial charge in [-0.15, -0.1) is 0 Å². The van der Waals surface area contributed by atoms with E-state index in [9.17, 15) is 9.59 Å². The van der Waals surface area contributed by atoms with E-state index < -0.39 is 7.18 Å². The molecule has 1 aromatic carbocycles. The predicted octanol–water partition coefficient (Wildman–Crippen LogP) is 0.437. The third-order valence-corrected chi connectivity index (χ3v) is 7.68. The highest BCUT2D eigenvalue weighted by molar-refractivity contribution is 9.26. The molecule has 0 saturated carbocycles. The summed E-state index contributed by atoms with van der Waals surface area (Å²) in [7, 11) is 3.59. The third-order valence-electron chi connectivity index (χ3n) is 2.88. The fourth-order valence-electron chi connectivity index (χ4n) is 1.41. The Labute approximate surface area is 139 Å². The Bertz CT molecular complexity index is 487. The summed E-state index contributed by atoms with van der Waals surface area (Å²) in [6, 6.07) is 9.28. The van der Waals surface area contributed by atoms with Crippen LogP contribution in [0.3, 0.4) is 0 Å². The Kier molecular flexibility index (Phi) is 7.20. The normalized spacial score (nSPS) is 11.1. The Morgan fingerprint density at radius 3 is 1.73 bits per heavy atom. The second-order valence-corrected chi connectivity index (χ2v) is 10.4. The second-order valence-electron chi connectivity index (χ2n) is 5.06.